The Hall–Kier alpha value is -11.0. The van der Waals surface area contributed by atoms with Crippen molar-refractivity contribution in [2.24, 2.45) is 61.6 Å². The zero-order chi connectivity index (χ0) is 98.8. The third kappa shape index (κ3) is 56.5. The first-order valence-corrected chi connectivity index (χ1v) is 46.7. The second-order valence-electron chi connectivity index (χ2n) is 31.8. The molecule has 43 heteroatoms. The van der Waals surface area contributed by atoms with E-state index in [0.717, 1.165) is 0 Å². The number of ether oxygens (including phenoxy) is 11. The van der Waals surface area contributed by atoms with Crippen LogP contribution in [0.25, 0.3) is 0 Å². The number of nitrogens with two attached hydrogens (primary N) is 9. The van der Waals surface area contributed by atoms with Crippen LogP contribution in [0.1, 0.15) is 113 Å². The van der Waals surface area contributed by atoms with Crippen molar-refractivity contribution in [1.29, 1.82) is 0 Å². The minimum absolute atomic E-state index is 0.0143. The number of hydrogen-bond donors (Lipinski definition) is 19. The Morgan fingerprint density at radius 1 is 0.272 bits per heavy atom. The predicted molar refractivity (Wildman–Crippen MR) is 511 cm³/mol. The van der Waals surface area contributed by atoms with Gasteiger partial charge in [-0.1, -0.05) is 128 Å². The molecule has 0 aliphatic carbocycles. The van der Waals surface area contributed by atoms with Gasteiger partial charge in [-0.25, -0.2) is 0 Å². The fraction of sp³-hybridized carbons (Fsp3) is 0.602. The number of guanidine groups is 2. The summed E-state index contributed by atoms with van der Waals surface area (Å²) >= 11 is 0. The van der Waals surface area contributed by atoms with E-state index >= 15 is 14.4 Å². The lowest BCUT2D eigenvalue weighted by Gasteiger charge is -2.28. The number of amides is 11. The average molecular weight is 1920 g/mol. The number of rotatable bonds is 82. The van der Waals surface area contributed by atoms with Gasteiger partial charge in [-0.3, -0.25) is 62.7 Å². The summed E-state index contributed by atoms with van der Waals surface area (Å²) < 4.78 is 60.5. The number of benzene rings is 4. The molecule has 0 aliphatic heterocycles. The van der Waals surface area contributed by atoms with Crippen molar-refractivity contribution in [3.63, 3.8) is 0 Å². The quantitative estimate of drug-likeness (QED) is 0.0119. The Morgan fingerprint density at radius 3 is 0.794 bits per heavy atom. The normalized spacial score (nSPS) is 13.4. The standard InChI is InChI=1S/C93H151N21O22/c1-67(106-85(119)73(31-15-18-36-95)107-87(121)75(33-20-38-104-92(99)100)110-90(124)79(64-70-26-10-4-11-27-70)112-83(117)72(97)30-14-17-35-94)82(116)111-78(63-69-24-8-3-9-25-69)89(123)109-74(32-16-19-37-96)86(120)108-76(34-21-39-105-93(101)102)88(122)114-80(65-71-28-12-5-13-29-71)91(125)113-77(62-68-22-6-2-7-23-68)84(118)103-40-41-126-42-43-127-44-45-128-46-47-129-48-49-130-50-51-131-52-53-132-54-55-133-56-57-134-58-59-135-60-61-136-66-81(98)115/h2-13,22-29,67,72-80H,14-21,30-66,94-97H2,1H3,(H2,98,115)(H,103,118)(H,106,119)(H,107,121)(H,108,120)(H,109,123)(H,110,124)(H,111,116)(H,112,117)(H,113,125)(H,114,122)(H4,99,100,104)(H4,101,102,105)/t67-,72+,73+,74+,75+,76+,77+,78+,79+,80+/m1/s1. The minimum Gasteiger partial charge on any atom is -0.377 e. The lowest BCUT2D eigenvalue weighted by atomic mass is 10.0. The molecule has 0 fully saturated rings. The Kier molecular flexibility index (Phi) is 64.8. The Labute approximate surface area is 797 Å². The predicted octanol–water partition coefficient (Wildman–Crippen LogP) is -3.05. The van der Waals surface area contributed by atoms with Gasteiger partial charge in [0, 0.05) is 45.3 Å². The van der Waals surface area contributed by atoms with E-state index in [4.69, 9.17) is 104 Å². The Balaban J connectivity index is 1.38. The third-order valence-electron chi connectivity index (χ3n) is 20.5. The van der Waals surface area contributed by atoms with Gasteiger partial charge in [0.15, 0.2) is 11.9 Å². The molecule has 4 rings (SSSR count). The molecule has 4 aromatic carbocycles. The minimum atomic E-state index is -1.42. The van der Waals surface area contributed by atoms with E-state index in [2.05, 4.69) is 63.2 Å². The molecule has 0 saturated heterocycles. The SMILES string of the molecule is C[C@@H](NC(=O)[C@H](CCCCN)NC(=O)[C@H](CCCN=C(N)N)NC(=O)[C@H](Cc1ccccc1)NC(=O)[C@@H](N)CCCCN)C(=O)N[C@@H](Cc1ccccc1)C(=O)N[C@@H](CCCCN)C(=O)N[C@@H](CCCN=C(N)N)C(=O)N[C@@H](Cc1ccccc1)C(=O)N[C@@H](Cc1ccccc1)C(=O)NCCOCCOCCOCCOCCOCCOCCOCCOCCOCCOCCOCC(N)=O. The number of carbonyl (C=O) groups is 11. The fourth-order valence-electron chi connectivity index (χ4n) is 13.3. The second kappa shape index (κ2) is 75.1. The van der Waals surface area contributed by atoms with Crippen LogP contribution in [0, 0.1) is 0 Å². The third-order valence-corrected chi connectivity index (χ3v) is 20.5. The molecule has 43 nitrogen and oxygen atoms in total. The highest BCUT2D eigenvalue weighted by Gasteiger charge is 2.36. The number of hydrogen-bond acceptors (Lipinski definition) is 28. The maximum absolute atomic E-state index is 15.0. The van der Waals surface area contributed by atoms with E-state index in [1.54, 1.807) is 115 Å². The monoisotopic (exact) mass is 1910 g/mol. The number of primary amides is 1. The zero-order valence-electron chi connectivity index (χ0n) is 78.7. The molecule has 0 bridgehead atoms. The highest BCUT2D eigenvalue weighted by Crippen LogP contribution is 2.15. The molecular weight excluding hydrogens is 1760 g/mol. The summed E-state index contributed by atoms with van der Waals surface area (Å²) in [5, 5.41) is 27.9. The number of aliphatic imine (C=N–C) groups is 2. The first kappa shape index (κ1) is 117. The van der Waals surface area contributed by atoms with Crippen LogP contribution in [-0.2, 0) is 131 Å². The molecule has 0 unspecified atom stereocenters. The van der Waals surface area contributed by atoms with Crippen LogP contribution in [0.15, 0.2) is 131 Å². The van der Waals surface area contributed by atoms with Crippen molar-refractivity contribution in [2.45, 2.75) is 176 Å². The topological polar surface area (TPSA) is 668 Å². The van der Waals surface area contributed by atoms with E-state index in [0.29, 0.717) is 186 Å². The van der Waals surface area contributed by atoms with Gasteiger partial charge in [0.1, 0.15) is 61.0 Å². The van der Waals surface area contributed by atoms with Crippen LogP contribution in [-0.4, -0.2) is 322 Å². The van der Waals surface area contributed by atoms with E-state index < -0.39 is 125 Å². The maximum atomic E-state index is 15.0. The smallest absolute Gasteiger partial charge is 0.243 e. The molecule has 10 atom stereocenters. The number of carbonyl (C=O) groups excluding carboxylic acids is 11. The van der Waals surface area contributed by atoms with Gasteiger partial charge in [0.25, 0.3) is 0 Å². The van der Waals surface area contributed by atoms with Gasteiger partial charge >= 0.3 is 0 Å². The Bertz CT molecular complexity index is 4030. The molecule has 0 saturated carbocycles. The highest BCUT2D eigenvalue weighted by atomic mass is 16.6. The summed E-state index contributed by atoms with van der Waals surface area (Å²) in [6.07, 6.45) is 3.00. The lowest BCUT2D eigenvalue weighted by molar-refractivity contribution is -0.136. The molecule has 0 aromatic heterocycles. The van der Waals surface area contributed by atoms with E-state index in [-0.39, 0.29) is 142 Å². The molecule has 0 radical (unpaired) electrons. The van der Waals surface area contributed by atoms with Gasteiger partial charge in [-0.05, 0) is 126 Å². The molecule has 0 spiro atoms. The molecule has 136 heavy (non-hydrogen) atoms. The molecule has 11 amide bonds. The summed E-state index contributed by atoms with van der Waals surface area (Å²) in [6.45, 7) is 9.67. The van der Waals surface area contributed by atoms with Gasteiger partial charge in [-0.15, -0.1) is 0 Å². The molecule has 0 heterocycles. The Morgan fingerprint density at radius 2 is 0.507 bits per heavy atom. The number of nitrogens with one attached hydrogen (secondary N) is 10. The van der Waals surface area contributed by atoms with E-state index in [9.17, 15) is 38.4 Å². The summed E-state index contributed by atoms with van der Waals surface area (Å²) in [5.74, 6) is -8.49. The van der Waals surface area contributed by atoms with E-state index in [1.807, 2.05) is 6.07 Å². The first-order valence-electron chi connectivity index (χ1n) is 46.7. The average Bonchev–Trinajstić information content (AvgIpc) is 0.841. The van der Waals surface area contributed by atoms with Crippen LogP contribution in [0.3, 0.4) is 0 Å². The van der Waals surface area contributed by atoms with Gasteiger partial charge < -0.3 is 157 Å². The van der Waals surface area contributed by atoms with Crippen LogP contribution >= 0.6 is 0 Å². The molecule has 0 aliphatic rings. The molecule has 760 valence electrons. The van der Waals surface area contributed by atoms with E-state index in [1.165, 1.54) is 6.92 Å². The summed E-state index contributed by atoms with van der Waals surface area (Å²) in [7, 11) is 0. The van der Waals surface area contributed by atoms with Crippen molar-refractivity contribution in [3.8, 4) is 0 Å². The van der Waals surface area contributed by atoms with Crippen molar-refractivity contribution in [1.82, 2.24) is 53.2 Å². The van der Waals surface area contributed by atoms with Crippen molar-refractivity contribution < 1.29 is 105 Å². The summed E-state index contributed by atoms with van der Waals surface area (Å²) in [4.78, 5) is 165. The van der Waals surface area contributed by atoms with Crippen LogP contribution in [0.2, 0.25) is 0 Å². The zero-order valence-corrected chi connectivity index (χ0v) is 78.7. The van der Waals surface area contributed by atoms with Crippen molar-refractivity contribution >= 4 is 76.9 Å². The van der Waals surface area contributed by atoms with Gasteiger partial charge in [0.05, 0.1) is 145 Å². The van der Waals surface area contributed by atoms with Crippen LogP contribution < -0.4 is 105 Å². The lowest BCUT2D eigenvalue weighted by Crippen LogP contribution is -2.60. The van der Waals surface area contributed by atoms with Gasteiger partial charge in [0.2, 0.25) is 65.0 Å². The summed E-state index contributed by atoms with van der Waals surface area (Å²) in [5.41, 5.74) is 54.1. The van der Waals surface area contributed by atoms with Crippen LogP contribution in [0.5, 0.6) is 0 Å². The van der Waals surface area contributed by atoms with Gasteiger partial charge in [-0.2, -0.15) is 0 Å². The number of unbranched alkanes of at least 4 members (excludes halogenated alkanes) is 3. The molecular formula is C93H151N21O22. The molecule has 28 N–H and O–H groups in total. The van der Waals surface area contributed by atoms with Crippen LogP contribution in [0.4, 0.5) is 0 Å². The van der Waals surface area contributed by atoms with Crippen molar-refractivity contribution in [2.75, 3.05) is 185 Å². The summed E-state index contributed by atoms with van der Waals surface area (Å²) in [6, 6.07) is 22.4. The highest BCUT2D eigenvalue weighted by molar-refractivity contribution is 5.99. The maximum Gasteiger partial charge on any atom is 0.243 e. The first-order chi connectivity index (χ1) is 65.9. The second-order valence-corrected chi connectivity index (χ2v) is 31.8. The van der Waals surface area contributed by atoms with Crippen molar-refractivity contribution in [3.05, 3.63) is 144 Å². The largest absolute Gasteiger partial charge is 0.377 e. The number of nitrogens with zero attached hydrogens (tertiary/aromatic N) is 2. The fourth-order valence-corrected chi connectivity index (χ4v) is 13.3. The molecule has 4 aromatic rings.